The van der Waals surface area contributed by atoms with Gasteiger partial charge in [-0.15, -0.1) is 0 Å². The molecule has 0 heterocycles. The first-order valence-electron chi connectivity index (χ1n) is 4.05. The third-order valence-electron chi connectivity index (χ3n) is 1.61. The maximum Gasteiger partial charge on any atom is 0.115 e. The number of nitrogens with two attached hydrogens (primary N) is 1. The molecular formula is C9H13NO2S. The van der Waals surface area contributed by atoms with Crippen molar-refractivity contribution in [3.63, 3.8) is 0 Å². The van der Waals surface area contributed by atoms with Crippen molar-refractivity contribution in [1.82, 2.24) is 0 Å². The molecule has 13 heavy (non-hydrogen) atoms. The fraction of sp³-hybridized carbons (Fsp3) is 0.333. The molecule has 0 radical (unpaired) electrons. The zero-order chi connectivity index (χ0) is 9.68. The number of phenols is 1. The van der Waals surface area contributed by atoms with Gasteiger partial charge in [-0.1, -0.05) is 12.1 Å². The van der Waals surface area contributed by atoms with Crippen molar-refractivity contribution < 1.29 is 9.32 Å². The molecule has 0 saturated carbocycles. The van der Waals surface area contributed by atoms with Crippen LogP contribution < -0.4 is 5.73 Å². The third-order valence-corrected chi connectivity index (χ3v) is 2.96. The highest BCUT2D eigenvalue weighted by Gasteiger charge is 2.00. The molecule has 0 aliphatic carbocycles. The fourth-order valence-corrected chi connectivity index (χ4v) is 1.95. The van der Waals surface area contributed by atoms with Gasteiger partial charge in [-0.3, -0.25) is 4.21 Å². The maximum atomic E-state index is 11.3. The summed E-state index contributed by atoms with van der Waals surface area (Å²) < 4.78 is 11.3. The summed E-state index contributed by atoms with van der Waals surface area (Å²) in [5.74, 6) is 1.27. The Morgan fingerprint density at radius 3 is 2.46 bits per heavy atom. The molecule has 0 aromatic heterocycles. The molecule has 0 fully saturated rings. The minimum Gasteiger partial charge on any atom is -0.508 e. The molecule has 0 aliphatic rings. The number of phenolic OH excluding ortho intramolecular Hbond substituents is 1. The van der Waals surface area contributed by atoms with Gasteiger partial charge in [-0.05, 0) is 17.7 Å². The Kier molecular flexibility index (Phi) is 3.92. The lowest BCUT2D eigenvalue weighted by Crippen LogP contribution is -2.11. The molecule has 1 unspecified atom stereocenters. The highest BCUT2D eigenvalue weighted by molar-refractivity contribution is 7.84. The quantitative estimate of drug-likeness (QED) is 0.746. The maximum absolute atomic E-state index is 11.3. The molecule has 1 aromatic rings. The van der Waals surface area contributed by atoms with E-state index in [0.717, 1.165) is 5.56 Å². The van der Waals surface area contributed by atoms with Crippen molar-refractivity contribution >= 4 is 10.8 Å². The van der Waals surface area contributed by atoms with Gasteiger partial charge in [0.25, 0.3) is 0 Å². The van der Waals surface area contributed by atoms with Crippen LogP contribution in [0, 0.1) is 0 Å². The van der Waals surface area contributed by atoms with Gasteiger partial charge >= 0.3 is 0 Å². The molecule has 1 rings (SSSR count). The van der Waals surface area contributed by atoms with Crippen LogP contribution in [0.4, 0.5) is 0 Å². The molecule has 0 spiro atoms. The fourth-order valence-electron chi connectivity index (χ4n) is 0.982. The van der Waals surface area contributed by atoms with E-state index in [0.29, 0.717) is 18.1 Å². The lowest BCUT2D eigenvalue weighted by molar-refractivity contribution is 0.475. The second-order valence-electron chi connectivity index (χ2n) is 2.74. The predicted octanol–water partition coefficient (Wildman–Crippen LogP) is 0.600. The van der Waals surface area contributed by atoms with Gasteiger partial charge in [0.05, 0.1) is 0 Å². The SMILES string of the molecule is NCCS(=O)Cc1ccc(O)cc1. The predicted molar refractivity (Wildman–Crippen MR) is 53.9 cm³/mol. The van der Waals surface area contributed by atoms with Gasteiger partial charge in [0, 0.05) is 28.9 Å². The monoisotopic (exact) mass is 199 g/mol. The van der Waals surface area contributed by atoms with E-state index >= 15 is 0 Å². The van der Waals surface area contributed by atoms with E-state index < -0.39 is 10.8 Å². The van der Waals surface area contributed by atoms with Gasteiger partial charge in [-0.2, -0.15) is 0 Å². The largest absolute Gasteiger partial charge is 0.508 e. The second-order valence-corrected chi connectivity index (χ2v) is 4.32. The Labute approximate surface area is 80.0 Å². The minimum atomic E-state index is -0.884. The molecule has 1 atom stereocenters. The number of rotatable bonds is 4. The Morgan fingerprint density at radius 1 is 1.31 bits per heavy atom. The minimum absolute atomic E-state index is 0.230. The van der Waals surface area contributed by atoms with Crippen LogP contribution in [0.25, 0.3) is 0 Å². The Hall–Kier alpha value is -0.870. The summed E-state index contributed by atoms with van der Waals surface area (Å²) in [6, 6.07) is 6.72. The molecule has 72 valence electrons. The van der Waals surface area contributed by atoms with Crippen LogP contribution in [0.1, 0.15) is 5.56 Å². The zero-order valence-corrected chi connectivity index (χ0v) is 8.09. The van der Waals surface area contributed by atoms with Gasteiger partial charge in [0.1, 0.15) is 5.75 Å². The number of hydrogen-bond acceptors (Lipinski definition) is 3. The summed E-state index contributed by atoms with van der Waals surface area (Å²) >= 11 is 0. The van der Waals surface area contributed by atoms with E-state index in [-0.39, 0.29) is 5.75 Å². The Bertz CT molecular complexity index is 284. The normalized spacial score (nSPS) is 12.7. The van der Waals surface area contributed by atoms with E-state index in [2.05, 4.69) is 0 Å². The molecule has 4 heteroatoms. The summed E-state index contributed by atoms with van der Waals surface area (Å²) in [6.45, 7) is 0.449. The van der Waals surface area contributed by atoms with Gasteiger partial charge < -0.3 is 10.8 Å². The van der Waals surface area contributed by atoms with E-state index in [4.69, 9.17) is 10.8 Å². The first-order chi connectivity index (χ1) is 6.22. The van der Waals surface area contributed by atoms with E-state index in [9.17, 15) is 4.21 Å². The molecule has 0 amide bonds. The third kappa shape index (κ3) is 3.57. The Balaban J connectivity index is 2.54. The standard InChI is InChI=1S/C9H13NO2S/c10-5-6-13(12)7-8-1-3-9(11)4-2-8/h1-4,11H,5-7,10H2. The van der Waals surface area contributed by atoms with Crippen molar-refractivity contribution in [2.75, 3.05) is 12.3 Å². The topological polar surface area (TPSA) is 63.3 Å². The number of hydrogen-bond donors (Lipinski definition) is 2. The summed E-state index contributed by atoms with van der Waals surface area (Å²) in [5, 5.41) is 9.00. The molecule has 0 bridgehead atoms. The smallest absolute Gasteiger partial charge is 0.115 e. The number of benzene rings is 1. The van der Waals surface area contributed by atoms with E-state index in [1.807, 2.05) is 0 Å². The van der Waals surface area contributed by atoms with Gasteiger partial charge in [-0.25, -0.2) is 0 Å². The first-order valence-corrected chi connectivity index (χ1v) is 5.54. The van der Waals surface area contributed by atoms with Crippen molar-refractivity contribution in [3.05, 3.63) is 29.8 Å². The van der Waals surface area contributed by atoms with Crippen molar-refractivity contribution in [1.29, 1.82) is 0 Å². The zero-order valence-electron chi connectivity index (χ0n) is 7.27. The van der Waals surface area contributed by atoms with E-state index in [1.165, 1.54) is 0 Å². The highest BCUT2D eigenvalue weighted by atomic mass is 32.2. The van der Waals surface area contributed by atoms with Crippen LogP contribution in [-0.2, 0) is 16.6 Å². The highest BCUT2D eigenvalue weighted by Crippen LogP contribution is 2.10. The van der Waals surface area contributed by atoms with Crippen LogP contribution in [0.2, 0.25) is 0 Å². The van der Waals surface area contributed by atoms with Crippen LogP contribution in [-0.4, -0.2) is 21.6 Å². The van der Waals surface area contributed by atoms with Gasteiger partial charge in [0.15, 0.2) is 0 Å². The number of aromatic hydroxyl groups is 1. The van der Waals surface area contributed by atoms with E-state index in [1.54, 1.807) is 24.3 Å². The molecular weight excluding hydrogens is 186 g/mol. The molecule has 3 N–H and O–H groups in total. The van der Waals surface area contributed by atoms with Crippen LogP contribution in [0.5, 0.6) is 5.75 Å². The molecule has 0 saturated heterocycles. The Morgan fingerprint density at radius 2 is 1.92 bits per heavy atom. The summed E-state index contributed by atoms with van der Waals surface area (Å²) in [5.41, 5.74) is 6.24. The van der Waals surface area contributed by atoms with Crippen molar-refractivity contribution in [3.8, 4) is 5.75 Å². The molecule has 3 nitrogen and oxygen atoms in total. The van der Waals surface area contributed by atoms with Crippen molar-refractivity contribution in [2.45, 2.75) is 5.75 Å². The van der Waals surface area contributed by atoms with Crippen molar-refractivity contribution in [2.24, 2.45) is 5.73 Å². The average Bonchev–Trinajstić information content (AvgIpc) is 2.09. The lowest BCUT2D eigenvalue weighted by Gasteiger charge is -2.00. The van der Waals surface area contributed by atoms with Gasteiger partial charge in [0.2, 0.25) is 0 Å². The van der Waals surface area contributed by atoms with Crippen LogP contribution >= 0.6 is 0 Å². The summed E-state index contributed by atoms with van der Waals surface area (Å²) in [7, 11) is -0.884. The summed E-state index contributed by atoms with van der Waals surface area (Å²) in [6.07, 6.45) is 0. The summed E-state index contributed by atoms with van der Waals surface area (Å²) in [4.78, 5) is 0. The average molecular weight is 199 g/mol. The van der Waals surface area contributed by atoms with Crippen LogP contribution in [0.3, 0.4) is 0 Å². The molecule has 0 aliphatic heterocycles. The first kappa shape index (κ1) is 10.2. The second kappa shape index (κ2) is 4.99. The van der Waals surface area contributed by atoms with Crippen LogP contribution in [0.15, 0.2) is 24.3 Å². The molecule has 1 aromatic carbocycles. The lowest BCUT2D eigenvalue weighted by atomic mass is 10.2.